The molecule has 0 N–H and O–H groups in total. The number of rotatable bonds is 8. The van der Waals surface area contributed by atoms with E-state index in [0.717, 1.165) is 28.1 Å². The highest BCUT2D eigenvalue weighted by atomic mass is 16.5. The molecule has 0 fully saturated rings. The zero-order valence-corrected chi connectivity index (χ0v) is 14.2. The van der Waals surface area contributed by atoms with Crippen molar-refractivity contribution >= 4 is 12.0 Å². The van der Waals surface area contributed by atoms with Crippen LogP contribution in [-0.4, -0.2) is 17.6 Å². The number of pyridine rings is 1. The SMILES string of the molecule is C=Cc1c(CCC(=O)OCC)cnc(C)c1OCc1ccccc1. The number of aryl methyl sites for hydroxylation is 2. The van der Waals surface area contributed by atoms with Gasteiger partial charge in [0.25, 0.3) is 0 Å². The van der Waals surface area contributed by atoms with Crippen LogP contribution >= 0.6 is 0 Å². The average Bonchev–Trinajstić information content (AvgIpc) is 2.60. The minimum absolute atomic E-state index is 0.208. The van der Waals surface area contributed by atoms with E-state index in [2.05, 4.69) is 11.6 Å². The van der Waals surface area contributed by atoms with Crippen LogP contribution in [0.3, 0.4) is 0 Å². The van der Waals surface area contributed by atoms with Crippen molar-refractivity contribution in [3.8, 4) is 5.75 Å². The first-order valence-corrected chi connectivity index (χ1v) is 8.09. The Hall–Kier alpha value is -2.62. The number of carbonyl (C=O) groups is 1. The maximum absolute atomic E-state index is 11.6. The monoisotopic (exact) mass is 325 g/mol. The Morgan fingerprint density at radius 2 is 2.04 bits per heavy atom. The van der Waals surface area contributed by atoms with E-state index in [1.807, 2.05) is 37.3 Å². The van der Waals surface area contributed by atoms with Crippen molar-refractivity contribution in [1.29, 1.82) is 0 Å². The average molecular weight is 325 g/mol. The molecule has 0 aliphatic rings. The first-order chi connectivity index (χ1) is 11.7. The van der Waals surface area contributed by atoms with E-state index in [0.29, 0.717) is 26.1 Å². The molecule has 0 bridgehead atoms. The molecule has 2 rings (SSSR count). The van der Waals surface area contributed by atoms with Crippen LogP contribution in [-0.2, 0) is 22.6 Å². The maximum atomic E-state index is 11.6. The summed E-state index contributed by atoms with van der Waals surface area (Å²) in [7, 11) is 0. The fourth-order valence-electron chi connectivity index (χ4n) is 2.45. The third-order valence-electron chi connectivity index (χ3n) is 3.67. The first kappa shape index (κ1) is 17.7. The Kier molecular flexibility index (Phi) is 6.55. The molecule has 4 heteroatoms. The Balaban J connectivity index is 2.16. The van der Waals surface area contributed by atoms with Crippen LogP contribution in [0.5, 0.6) is 5.75 Å². The molecular formula is C20H23NO3. The molecule has 1 aromatic heterocycles. The molecule has 0 aliphatic heterocycles. The number of esters is 1. The van der Waals surface area contributed by atoms with Gasteiger partial charge in [-0.15, -0.1) is 0 Å². The number of ether oxygens (including phenoxy) is 2. The molecule has 4 nitrogen and oxygen atoms in total. The van der Waals surface area contributed by atoms with Gasteiger partial charge in [-0.3, -0.25) is 9.78 Å². The van der Waals surface area contributed by atoms with Gasteiger partial charge >= 0.3 is 5.97 Å². The molecule has 1 aromatic carbocycles. The third-order valence-corrected chi connectivity index (χ3v) is 3.67. The second-order valence-corrected chi connectivity index (χ2v) is 5.40. The highest BCUT2D eigenvalue weighted by molar-refractivity contribution is 5.70. The number of benzene rings is 1. The molecule has 0 saturated heterocycles. The van der Waals surface area contributed by atoms with Gasteiger partial charge in [-0.1, -0.05) is 43.0 Å². The van der Waals surface area contributed by atoms with Crippen molar-refractivity contribution in [2.24, 2.45) is 0 Å². The van der Waals surface area contributed by atoms with E-state index < -0.39 is 0 Å². The topological polar surface area (TPSA) is 48.4 Å². The van der Waals surface area contributed by atoms with Crippen LogP contribution in [0.25, 0.3) is 6.08 Å². The second-order valence-electron chi connectivity index (χ2n) is 5.40. The summed E-state index contributed by atoms with van der Waals surface area (Å²) in [5.74, 6) is 0.509. The van der Waals surface area contributed by atoms with E-state index in [9.17, 15) is 4.79 Å². The van der Waals surface area contributed by atoms with E-state index in [1.165, 1.54) is 0 Å². The Morgan fingerprint density at radius 1 is 1.29 bits per heavy atom. The zero-order chi connectivity index (χ0) is 17.4. The van der Waals surface area contributed by atoms with Gasteiger partial charge in [0.05, 0.1) is 12.3 Å². The van der Waals surface area contributed by atoms with Crippen LogP contribution in [0, 0.1) is 6.92 Å². The van der Waals surface area contributed by atoms with Crippen LogP contribution in [0.4, 0.5) is 0 Å². The summed E-state index contributed by atoms with van der Waals surface area (Å²) in [6.07, 6.45) is 4.41. The molecule has 2 aromatic rings. The molecule has 1 heterocycles. The molecule has 0 saturated carbocycles. The van der Waals surface area contributed by atoms with Gasteiger partial charge in [-0.2, -0.15) is 0 Å². The molecule has 24 heavy (non-hydrogen) atoms. The molecule has 0 spiro atoms. The molecule has 126 valence electrons. The Labute approximate surface area is 143 Å². The van der Waals surface area contributed by atoms with Gasteiger partial charge in [0.2, 0.25) is 0 Å². The number of carbonyl (C=O) groups excluding carboxylic acids is 1. The van der Waals surface area contributed by atoms with Crippen molar-refractivity contribution in [1.82, 2.24) is 4.98 Å². The molecule has 0 atom stereocenters. The highest BCUT2D eigenvalue weighted by Crippen LogP contribution is 2.28. The molecule has 0 amide bonds. The van der Waals surface area contributed by atoms with Gasteiger partial charge < -0.3 is 9.47 Å². The largest absolute Gasteiger partial charge is 0.486 e. The quantitative estimate of drug-likeness (QED) is 0.685. The van der Waals surface area contributed by atoms with Gasteiger partial charge in [0, 0.05) is 18.2 Å². The fraction of sp³-hybridized carbons (Fsp3) is 0.300. The molecular weight excluding hydrogens is 302 g/mol. The highest BCUT2D eigenvalue weighted by Gasteiger charge is 2.13. The number of nitrogens with zero attached hydrogens (tertiary/aromatic N) is 1. The summed E-state index contributed by atoms with van der Waals surface area (Å²) < 4.78 is 11.0. The lowest BCUT2D eigenvalue weighted by Crippen LogP contribution is -2.07. The maximum Gasteiger partial charge on any atom is 0.306 e. The standard InChI is InChI=1S/C20H23NO3/c1-4-18-17(11-12-19(22)23-5-2)13-21-15(3)20(18)24-14-16-9-7-6-8-10-16/h4,6-10,13H,1,5,11-12,14H2,2-3H3. The number of aromatic nitrogens is 1. The van der Waals surface area contributed by atoms with Gasteiger partial charge in [-0.25, -0.2) is 0 Å². The zero-order valence-electron chi connectivity index (χ0n) is 14.2. The van der Waals surface area contributed by atoms with Gasteiger partial charge in [0.1, 0.15) is 12.4 Å². The van der Waals surface area contributed by atoms with Crippen molar-refractivity contribution in [3.05, 3.63) is 65.5 Å². The van der Waals surface area contributed by atoms with Gasteiger partial charge in [0.15, 0.2) is 0 Å². The third kappa shape index (κ3) is 4.69. The lowest BCUT2D eigenvalue weighted by atomic mass is 10.0. The predicted molar refractivity (Wildman–Crippen MR) is 94.8 cm³/mol. The summed E-state index contributed by atoms with van der Waals surface area (Å²) in [4.78, 5) is 16.0. The molecule has 0 radical (unpaired) electrons. The van der Waals surface area contributed by atoms with Crippen LogP contribution in [0.2, 0.25) is 0 Å². The summed E-state index contributed by atoms with van der Waals surface area (Å²) in [5.41, 5.74) is 3.72. The van der Waals surface area contributed by atoms with E-state index in [1.54, 1.807) is 19.2 Å². The second kappa shape index (κ2) is 8.87. The number of hydrogen-bond donors (Lipinski definition) is 0. The van der Waals surface area contributed by atoms with E-state index in [-0.39, 0.29) is 5.97 Å². The van der Waals surface area contributed by atoms with Crippen LogP contribution < -0.4 is 4.74 Å². The fourth-order valence-corrected chi connectivity index (χ4v) is 2.45. The van der Waals surface area contributed by atoms with Crippen molar-refractivity contribution in [3.63, 3.8) is 0 Å². The minimum atomic E-state index is -0.208. The first-order valence-electron chi connectivity index (χ1n) is 8.09. The van der Waals surface area contributed by atoms with Crippen molar-refractivity contribution in [2.75, 3.05) is 6.61 Å². The lowest BCUT2D eigenvalue weighted by molar-refractivity contribution is -0.143. The Bertz CT molecular complexity index is 696. The summed E-state index contributed by atoms with van der Waals surface area (Å²) in [5, 5.41) is 0. The normalized spacial score (nSPS) is 10.2. The van der Waals surface area contributed by atoms with Crippen molar-refractivity contribution in [2.45, 2.75) is 33.3 Å². The van der Waals surface area contributed by atoms with Crippen molar-refractivity contribution < 1.29 is 14.3 Å². The number of hydrogen-bond acceptors (Lipinski definition) is 4. The molecule has 0 aliphatic carbocycles. The Morgan fingerprint density at radius 3 is 2.71 bits per heavy atom. The van der Waals surface area contributed by atoms with E-state index in [4.69, 9.17) is 9.47 Å². The molecule has 0 unspecified atom stereocenters. The summed E-state index contributed by atoms with van der Waals surface area (Å²) >= 11 is 0. The smallest absolute Gasteiger partial charge is 0.306 e. The van der Waals surface area contributed by atoms with Crippen LogP contribution in [0.15, 0.2) is 43.1 Å². The van der Waals surface area contributed by atoms with E-state index >= 15 is 0 Å². The minimum Gasteiger partial charge on any atom is -0.486 e. The summed E-state index contributed by atoms with van der Waals surface area (Å²) in [6.45, 7) is 8.45. The lowest BCUT2D eigenvalue weighted by Gasteiger charge is -2.15. The van der Waals surface area contributed by atoms with Crippen LogP contribution in [0.1, 0.15) is 35.7 Å². The predicted octanol–water partition coefficient (Wildman–Crippen LogP) is 4.11. The summed E-state index contributed by atoms with van der Waals surface area (Å²) in [6, 6.07) is 9.96. The van der Waals surface area contributed by atoms with Gasteiger partial charge in [-0.05, 0) is 31.4 Å².